The second-order valence-corrected chi connectivity index (χ2v) is 2.47. The molecule has 1 rings (SSSR count). The first-order chi connectivity index (χ1) is 4.33. The van der Waals surface area contributed by atoms with E-state index < -0.39 is 6.10 Å². The van der Waals surface area contributed by atoms with Crippen LogP contribution in [-0.2, 0) is 0 Å². The molecule has 0 amide bonds. The van der Waals surface area contributed by atoms with Crippen LogP contribution in [0, 0.1) is 0 Å². The number of aliphatic hydroxyl groups is 1. The van der Waals surface area contributed by atoms with Crippen molar-refractivity contribution in [2.45, 2.75) is 12.5 Å². The Balaban J connectivity index is 0.000000810. The van der Waals surface area contributed by atoms with Crippen molar-refractivity contribution >= 4 is 0 Å². The van der Waals surface area contributed by atoms with Crippen molar-refractivity contribution < 1.29 is 61.6 Å². The molecule has 0 aromatic rings. The van der Waals surface area contributed by atoms with Crippen molar-refractivity contribution in [3.63, 3.8) is 0 Å². The van der Waals surface area contributed by atoms with Gasteiger partial charge in [-0.1, -0.05) is 0 Å². The Hall–Kier alpha value is 1.52. The summed E-state index contributed by atoms with van der Waals surface area (Å²) in [7, 11) is 0. The monoisotopic (exact) mass is 169 g/mol. The average molecular weight is 169 g/mol. The van der Waals surface area contributed by atoms with Crippen molar-refractivity contribution in [3.8, 4) is 0 Å². The predicted molar refractivity (Wildman–Crippen MR) is 31.9 cm³/mol. The van der Waals surface area contributed by atoms with Gasteiger partial charge in [0.2, 0.25) is 0 Å². The quantitative estimate of drug-likeness (QED) is 0.433. The minimum atomic E-state index is -0.648. The zero-order valence-corrected chi connectivity index (χ0v) is 9.54. The van der Waals surface area contributed by atoms with Gasteiger partial charge in [0, 0.05) is 6.54 Å². The number of rotatable bonds is 3. The van der Waals surface area contributed by atoms with Crippen LogP contribution in [0.1, 0.15) is 6.42 Å². The Morgan fingerprint density at radius 2 is 2.10 bits per heavy atom. The van der Waals surface area contributed by atoms with E-state index in [-0.39, 0.29) is 58.0 Å². The molecular formula is C6H12KNO2. The van der Waals surface area contributed by atoms with Gasteiger partial charge in [0.25, 0.3) is 0 Å². The third-order valence-electron chi connectivity index (χ3n) is 1.61. The van der Waals surface area contributed by atoms with Crippen LogP contribution < -0.4 is 56.5 Å². The van der Waals surface area contributed by atoms with E-state index in [9.17, 15) is 5.11 Å². The second-order valence-electron chi connectivity index (χ2n) is 2.47. The largest absolute Gasteiger partial charge is 1.00 e. The second kappa shape index (κ2) is 6.08. The molecule has 1 saturated heterocycles. The average Bonchev–Trinajstić information content (AvgIpc) is 1.78. The summed E-state index contributed by atoms with van der Waals surface area (Å²) >= 11 is 0. The van der Waals surface area contributed by atoms with E-state index in [1.807, 2.05) is 0 Å². The zero-order chi connectivity index (χ0) is 6.69. The van der Waals surface area contributed by atoms with E-state index in [4.69, 9.17) is 5.11 Å². The summed E-state index contributed by atoms with van der Waals surface area (Å²) in [6, 6.07) is 0. The van der Waals surface area contributed by atoms with E-state index in [0.29, 0.717) is 6.54 Å². The smallest absolute Gasteiger partial charge is 0.853 e. The summed E-state index contributed by atoms with van der Waals surface area (Å²) in [4.78, 5) is 2.09. The summed E-state index contributed by atoms with van der Waals surface area (Å²) in [6.07, 6.45) is 0.566. The molecule has 54 valence electrons. The molecule has 0 radical (unpaired) electrons. The van der Waals surface area contributed by atoms with E-state index >= 15 is 0 Å². The molecular weight excluding hydrogens is 157 g/mol. The summed E-state index contributed by atoms with van der Waals surface area (Å²) < 4.78 is 0. The van der Waals surface area contributed by atoms with Crippen molar-refractivity contribution in [2.24, 2.45) is 0 Å². The van der Waals surface area contributed by atoms with Gasteiger partial charge < -0.3 is 15.1 Å². The maximum Gasteiger partial charge on any atom is 1.00 e. The minimum Gasteiger partial charge on any atom is -0.853 e. The van der Waals surface area contributed by atoms with E-state index in [0.717, 1.165) is 13.1 Å². The molecule has 0 spiro atoms. The molecule has 1 aliphatic heterocycles. The number of hydrogen-bond acceptors (Lipinski definition) is 3. The van der Waals surface area contributed by atoms with Crippen LogP contribution in [0.5, 0.6) is 0 Å². The van der Waals surface area contributed by atoms with Gasteiger partial charge in [-0.2, -0.15) is 0 Å². The Kier molecular flexibility index (Phi) is 7.00. The van der Waals surface area contributed by atoms with Crippen molar-refractivity contribution in [3.05, 3.63) is 0 Å². The van der Waals surface area contributed by atoms with Crippen LogP contribution >= 0.6 is 0 Å². The van der Waals surface area contributed by atoms with Crippen molar-refractivity contribution in [2.75, 3.05) is 26.2 Å². The van der Waals surface area contributed by atoms with Gasteiger partial charge in [-0.15, -0.1) is 6.61 Å². The molecule has 1 atom stereocenters. The topological polar surface area (TPSA) is 46.5 Å². The Labute approximate surface area is 104 Å². The van der Waals surface area contributed by atoms with Crippen LogP contribution in [0.3, 0.4) is 0 Å². The first-order valence-electron chi connectivity index (χ1n) is 3.31. The van der Waals surface area contributed by atoms with Gasteiger partial charge in [-0.3, -0.25) is 0 Å². The predicted octanol–water partition coefficient (Wildman–Crippen LogP) is -4.58. The van der Waals surface area contributed by atoms with Crippen LogP contribution in [0.2, 0.25) is 0 Å². The van der Waals surface area contributed by atoms with E-state index in [2.05, 4.69) is 4.90 Å². The summed E-state index contributed by atoms with van der Waals surface area (Å²) in [5.41, 5.74) is 0. The fourth-order valence-corrected chi connectivity index (χ4v) is 0.915. The SMILES string of the molecule is [K+].[O-]CC(O)CN1CCC1. The molecule has 1 aliphatic rings. The summed E-state index contributed by atoms with van der Waals surface area (Å²) in [6.45, 7) is 2.31. The first kappa shape index (κ1) is 11.5. The van der Waals surface area contributed by atoms with Crippen LogP contribution in [0.25, 0.3) is 0 Å². The Morgan fingerprint density at radius 1 is 1.50 bits per heavy atom. The number of aliphatic hydroxyl groups excluding tert-OH is 1. The molecule has 0 bridgehead atoms. The first-order valence-corrected chi connectivity index (χ1v) is 3.31. The van der Waals surface area contributed by atoms with Gasteiger partial charge in [-0.25, -0.2) is 0 Å². The number of nitrogens with zero attached hydrogens (tertiary/aromatic N) is 1. The third-order valence-corrected chi connectivity index (χ3v) is 1.61. The molecule has 3 nitrogen and oxygen atoms in total. The van der Waals surface area contributed by atoms with Crippen molar-refractivity contribution in [1.82, 2.24) is 4.90 Å². The molecule has 0 aromatic heterocycles. The Bertz CT molecular complexity index is 85.1. The van der Waals surface area contributed by atoms with E-state index in [1.54, 1.807) is 0 Å². The summed E-state index contributed by atoms with van der Waals surface area (Å²) in [5, 5.41) is 18.9. The number of likely N-dealkylation sites (tertiary alicyclic amines) is 1. The van der Waals surface area contributed by atoms with Crippen LogP contribution in [0.4, 0.5) is 0 Å². The molecule has 10 heavy (non-hydrogen) atoms. The maximum atomic E-state index is 10.0. The third kappa shape index (κ3) is 3.78. The molecule has 1 N–H and O–H groups in total. The molecule has 1 heterocycles. The van der Waals surface area contributed by atoms with Crippen molar-refractivity contribution in [1.29, 1.82) is 0 Å². The van der Waals surface area contributed by atoms with E-state index in [1.165, 1.54) is 6.42 Å². The fourth-order valence-electron chi connectivity index (χ4n) is 0.915. The van der Waals surface area contributed by atoms with Gasteiger partial charge in [-0.05, 0) is 19.5 Å². The van der Waals surface area contributed by atoms with Gasteiger partial charge in [0.05, 0.1) is 6.10 Å². The standard InChI is InChI=1S/C6H12NO2.K/c8-5-6(9)4-7-2-1-3-7;/h6,9H,1-5H2;/q-1;+1. The molecule has 1 unspecified atom stereocenters. The number of β-amino-alcohol motifs (C(OH)–C–C–N with tert-alkyl or cyclic N) is 1. The minimum absolute atomic E-state index is 0. The summed E-state index contributed by atoms with van der Waals surface area (Å²) in [5.74, 6) is 0. The van der Waals surface area contributed by atoms with Gasteiger partial charge >= 0.3 is 51.4 Å². The fraction of sp³-hybridized carbons (Fsp3) is 1.00. The zero-order valence-electron chi connectivity index (χ0n) is 6.42. The molecule has 0 aliphatic carbocycles. The Morgan fingerprint density at radius 3 is 2.40 bits per heavy atom. The molecule has 4 heteroatoms. The normalized spacial score (nSPS) is 21.0. The van der Waals surface area contributed by atoms with Crippen LogP contribution in [0.15, 0.2) is 0 Å². The molecule has 1 fully saturated rings. The molecule has 0 aromatic carbocycles. The molecule has 0 saturated carbocycles. The van der Waals surface area contributed by atoms with Crippen LogP contribution in [-0.4, -0.2) is 42.4 Å². The maximum absolute atomic E-state index is 10.0. The van der Waals surface area contributed by atoms with Gasteiger partial charge in [0.1, 0.15) is 0 Å². The number of hydrogen-bond donors (Lipinski definition) is 1. The van der Waals surface area contributed by atoms with Gasteiger partial charge in [0.15, 0.2) is 0 Å².